The van der Waals surface area contributed by atoms with Crippen molar-refractivity contribution in [2.75, 3.05) is 7.05 Å². The maximum Gasteiger partial charge on any atom is 0.257 e. The van der Waals surface area contributed by atoms with E-state index in [1.165, 1.54) is 32.2 Å². The van der Waals surface area contributed by atoms with Gasteiger partial charge in [0.05, 0.1) is 5.56 Å². The summed E-state index contributed by atoms with van der Waals surface area (Å²) in [5, 5.41) is 11.7. The molecule has 0 saturated heterocycles. The summed E-state index contributed by atoms with van der Waals surface area (Å²) in [6.45, 7) is 0. The molecule has 2 rings (SSSR count). The topological polar surface area (TPSA) is 99.0 Å². The van der Waals surface area contributed by atoms with Gasteiger partial charge in [-0.2, -0.15) is 5.26 Å². The van der Waals surface area contributed by atoms with Gasteiger partial charge < -0.3 is 5.32 Å². The smallest absolute Gasteiger partial charge is 0.257 e. The zero-order chi connectivity index (χ0) is 16.7. The molecule has 1 aliphatic carbocycles. The number of nitriles is 1. The summed E-state index contributed by atoms with van der Waals surface area (Å²) in [4.78, 5) is 33.2. The van der Waals surface area contributed by atoms with E-state index in [4.69, 9.17) is 5.26 Å². The SMILES string of the molecule is CN(C#N)C(=O)[C@H](CC1CCCCC1)NC(=O)c1cncnc1. The number of nitrogens with zero attached hydrogens (tertiary/aromatic N) is 4. The molecule has 1 aromatic heterocycles. The minimum atomic E-state index is -0.699. The number of hydrogen-bond acceptors (Lipinski definition) is 5. The van der Waals surface area contributed by atoms with E-state index in [1.807, 2.05) is 0 Å². The molecule has 0 bridgehead atoms. The molecule has 0 unspecified atom stereocenters. The van der Waals surface area contributed by atoms with Crippen LogP contribution in [0.5, 0.6) is 0 Å². The van der Waals surface area contributed by atoms with E-state index in [1.54, 1.807) is 6.19 Å². The molecule has 1 aliphatic rings. The Morgan fingerprint density at radius 2 is 2.00 bits per heavy atom. The summed E-state index contributed by atoms with van der Waals surface area (Å²) in [5.41, 5.74) is 0.300. The molecular formula is C16H21N5O2. The van der Waals surface area contributed by atoms with Crippen LogP contribution in [0.3, 0.4) is 0 Å². The first kappa shape index (κ1) is 16.9. The van der Waals surface area contributed by atoms with E-state index in [0.717, 1.165) is 30.6 Å². The molecule has 1 saturated carbocycles. The monoisotopic (exact) mass is 315 g/mol. The molecule has 122 valence electrons. The van der Waals surface area contributed by atoms with Crippen molar-refractivity contribution in [3.05, 3.63) is 24.3 Å². The highest BCUT2D eigenvalue weighted by Crippen LogP contribution is 2.27. The number of aromatic nitrogens is 2. The van der Waals surface area contributed by atoms with Crippen LogP contribution in [0.25, 0.3) is 0 Å². The predicted octanol–water partition coefficient (Wildman–Crippen LogP) is 1.48. The lowest BCUT2D eigenvalue weighted by atomic mass is 9.84. The summed E-state index contributed by atoms with van der Waals surface area (Å²) in [6, 6.07) is -0.699. The first-order valence-electron chi connectivity index (χ1n) is 7.85. The van der Waals surface area contributed by atoms with E-state index < -0.39 is 11.9 Å². The normalized spacial score (nSPS) is 16.2. The maximum absolute atomic E-state index is 12.4. The lowest BCUT2D eigenvalue weighted by molar-refractivity contribution is -0.129. The third-order valence-electron chi connectivity index (χ3n) is 4.20. The quantitative estimate of drug-likeness (QED) is 0.655. The fraction of sp³-hybridized carbons (Fsp3) is 0.562. The second-order valence-corrected chi connectivity index (χ2v) is 5.89. The molecule has 1 heterocycles. The average molecular weight is 315 g/mol. The minimum absolute atomic E-state index is 0.300. The summed E-state index contributed by atoms with van der Waals surface area (Å²) in [7, 11) is 1.41. The molecule has 2 amide bonds. The van der Waals surface area contributed by atoms with Crippen molar-refractivity contribution < 1.29 is 9.59 Å². The van der Waals surface area contributed by atoms with Gasteiger partial charge in [0, 0.05) is 19.4 Å². The molecule has 1 atom stereocenters. The van der Waals surface area contributed by atoms with Gasteiger partial charge in [-0.3, -0.25) is 14.5 Å². The fourth-order valence-corrected chi connectivity index (χ4v) is 2.92. The first-order valence-corrected chi connectivity index (χ1v) is 7.85. The van der Waals surface area contributed by atoms with Crippen LogP contribution in [0, 0.1) is 17.4 Å². The van der Waals surface area contributed by atoms with Gasteiger partial charge in [0.2, 0.25) is 0 Å². The Bertz CT molecular complexity index is 578. The molecule has 1 N–H and O–H groups in total. The van der Waals surface area contributed by atoms with Gasteiger partial charge in [0.25, 0.3) is 11.8 Å². The van der Waals surface area contributed by atoms with Crippen molar-refractivity contribution in [1.29, 1.82) is 5.26 Å². The number of carbonyl (C=O) groups is 2. The molecule has 23 heavy (non-hydrogen) atoms. The minimum Gasteiger partial charge on any atom is -0.340 e. The Balaban J connectivity index is 2.07. The molecular weight excluding hydrogens is 294 g/mol. The van der Waals surface area contributed by atoms with Crippen LogP contribution in [0.4, 0.5) is 0 Å². The van der Waals surface area contributed by atoms with Crippen LogP contribution >= 0.6 is 0 Å². The van der Waals surface area contributed by atoms with Crippen molar-refractivity contribution in [2.24, 2.45) is 5.92 Å². The van der Waals surface area contributed by atoms with Gasteiger partial charge in [0.15, 0.2) is 6.19 Å². The molecule has 1 aromatic rings. The van der Waals surface area contributed by atoms with Crippen molar-refractivity contribution in [3.8, 4) is 6.19 Å². The fourth-order valence-electron chi connectivity index (χ4n) is 2.92. The second-order valence-electron chi connectivity index (χ2n) is 5.89. The molecule has 0 spiro atoms. The molecule has 0 radical (unpaired) electrons. The van der Waals surface area contributed by atoms with Crippen LogP contribution < -0.4 is 5.32 Å². The molecule has 1 fully saturated rings. The van der Waals surface area contributed by atoms with E-state index in [2.05, 4.69) is 15.3 Å². The Kier molecular flexibility index (Phi) is 6.03. The van der Waals surface area contributed by atoms with Gasteiger partial charge in [-0.25, -0.2) is 9.97 Å². The molecule has 7 heteroatoms. The molecule has 7 nitrogen and oxygen atoms in total. The van der Waals surface area contributed by atoms with Gasteiger partial charge in [-0.1, -0.05) is 32.1 Å². The Labute approximate surface area is 135 Å². The largest absolute Gasteiger partial charge is 0.340 e. The summed E-state index contributed by atoms with van der Waals surface area (Å²) in [5.74, 6) is -0.383. The third-order valence-corrected chi connectivity index (χ3v) is 4.20. The summed E-state index contributed by atoms with van der Waals surface area (Å²) in [6.07, 6.45) is 12.2. The first-order chi connectivity index (χ1) is 11.1. The number of likely N-dealkylation sites (N-methyl/N-ethyl adjacent to an activating group) is 1. The number of rotatable bonds is 5. The zero-order valence-corrected chi connectivity index (χ0v) is 13.2. The standard InChI is InChI=1S/C16H21N5O2/c1-21(10-17)16(23)14(7-12-5-3-2-4-6-12)20-15(22)13-8-18-11-19-9-13/h8-9,11-12,14H,2-7H2,1H3,(H,20,22)/t14-/m0/s1. The number of nitrogens with one attached hydrogen (secondary N) is 1. The van der Waals surface area contributed by atoms with Gasteiger partial charge >= 0.3 is 0 Å². The van der Waals surface area contributed by atoms with Crippen LogP contribution in [0.2, 0.25) is 0 Å². The zero-order valence-electron chi connectivity index (χ0n) is 13.2. The van der Waals surface area contributed by atoms with Crippen LogP contribution in [-0.4, -0.2) is 39.8 Å². The lowest BCUT2D eigenvalue weighted by Crippen LogP contribution is -2.47. The number of carbonyl (C=O) groups excluding carboxylic acids is 2. The highest BCUT2D eigenvalue weighted by atomic mass is 16.2. The predicted molar refractivity (Wildman–Crippen MR) is 82.9 cm³/mol. The van der Waals surface area contributed by atoms with Crippen molar-refractivity contribution in [3.63, 3.8) is 0 Å². The van der Waals surface area contributed by atoms with E-state index in [0.29, 0.717) is 17.9 Å². The Morgan fingerprint density at radius 3 is 2.61 bits per heavy atom. The van der Waals surface area contributed by atoms with Gasteiger partial charge in [-0.15, -0.1) is 0 Å². The maximum atomic E-state index is 12.4. The average Bonchev–Trinajstić information content (AvgIpc) is 2.61. The van der Waals surface area contributed by atoms with Crippen LogP contribution in [0.15, 0.2) is 18.7 Å². The lowest BCUT2D eigenvalue weighted by Gasteiger charge is -2.27. The van der Waals surface area contributed by atoms with Crippen LogP contribution in [-0.2, 0) is 4.79 Å². The van der Waals surface area contributed by atoms with Crippen molar-refractivity contribution in [1.82, 2.24) is 20.2 Å². The number of hydrogen-bond donors (Lipinski definition) is 1. The van der Waals surface area contributed by atoms with Gasteiger partial charge in [0.1, 0.15) is 12.4 Å². The Hall–Kier alpha value is -2.49. The second kappa shape index (κ2) is 8.22. The molecule has 0 aliphatic heterocycles. The van der Waals surface area contributed by atoms with Crippen LogP contribution in [0.1, 0.15) is 48.9 Å². The highest BCUT2D eigenvalue weighted by molar-refractivity contribution is 5.97. The van der Waals surface area contributed by atoms with E-state index in [-0.39, 0.29) is 5.91 Å². The Morgan fingerprint density at radius 1 is 1.35 bits per heavy atom. The van der Waals surface area contributed by atoms with Crippen molar-refractivity contribution in [2.45, 2.75) is 44.6 Å². The van der Waals surface area contributed by atoms with E-state index >= 15 is 0 Å². The summed E-state index contributed by atoms with van der Waals surface area (Å²) < 4.78 is 0. The van der Waals surface area contributed by atoms with E-state index in [9.17, 15) is 9.59 Å². The van der Waals surface area contributed by atoms with Crippen molar-refractivity contribution >= 4 is 11.8 Å². The third kappa shape index (κ3) is 4.74. The molecule has 0 aromatic carbocycles. The highest BCUT2D eigenvalue weighted by Gasteiger charge is 2.28. The number of amides is 2. The summed E-state index contributed by atoms with van der Waals surface area (Å²) >= 11 is 0. The van der Waals surface area contributed by atoms with Gasteiger partial charge in [-0.05, 0) is 12.3 Å².